The van der Waals surface area contributed by atoms with Crippen LogP contribution in [0.15, 0.2) is 46.2 Å². The van der Waals surface area contributed by atoms with Crippen LogP contribution in [0.3, 0.4) is 0 Å². The molecule has 2 aromatic rings. The highest BCUT2D eigenvalue weighted by molar-refractivity contribution is 8.76. The highest BCUT2D eigenvalue weighted by atomic mass is 33.1. The quantitative estimate of drug-likeness (QED) is 0.234. The largest absolute Gasteiger partial charge is 0.480 e. The van der Waals surface area contributed by atoms with Gasteiger partial charge in [0.25, 0.3) is 11.8 Å². The molecule has 38 heavy (non-hydrogen) atoms. The first kappa shape index (κ1) is 31.2. The lowest BCUT2D eigenvalue weighted by molar-refractivity contribution is -0.140. The van der Waals surface area contributed by atoms with Crippen molar-refractivity contribution in [2.75, 3.05) is 0 Å². The molecule has 0 aliphatic rings. The van der Waals surface area contributed by atoms with Crippen LogP contribution >= 0.6 is 21.6 Å². The van der Waals surface area contributed by atoms with Crippen LogP contribution in [0.1, 0.15) is 72.4 Å². The molecule has 206 valence electrons. The Morgan fingerprint density at radius 3 is 1.32 bits per heavy atom. The summed E-state index contributed by atoms with van der Waals surface area (Å²) in [5, 5.41) is 24.4. The first-order valence-corrected chi connectivity index (χ1v) is 14.6. The van der Waals surface area contributed by atoms with Crippen LogP contribution in [-0.2, 0) is 9.59 Å². The summed E-state index contributed by atoms with van der Waals surface area (Å²) in [6.45, 7) is 11.1. The van der Waals surface area contributed by atoms with E-state index in [-0.39, 0.29) is 11.8 Å². The van der Waals surface area contributed by atoms with Crippen molar-refractivity contribution in [3.63, 3.8) is 0 Å². The number of hydrogen-bond acceptors (Lipinski definition) is 6. The van der Waals surface area contributed by atoms with E-state index in [0.29, 0.717) is 44.9 Å². The van der Waals surface area contributed by atoms with Gasteiger partial charge in [0.2, 0.25) is 0 Å². The van der Waals surface area contributed by atoms with Gasteiger partial charge in [-0.25, -0.2) is 9.59 Å². The second-order valence-corrected chi connectivity index (χ2v) is 12.3. The van der Waals surface area contributed by atoms with E-state index in [0.717, 1.165) is 0 Å². The van der Waals surface area contributed by atoms with E-state index in [1.54, 1.807) is 38.1 Å². The Morgan fingerprint density at radius 2 is 1.03 bits per heavy atom. The van der Waals surface area contributed by atoms with Gasteiger partial charge in [-0.15, -0.1) is 0 Å². The summed E-state index contributed by atoms with van der Waals surface area (Å²) in [5.41, 5.74) is 2.15. The first-order valence-electron chi connectivity index (χ1n) is 12.4. The minimum Gasteiger partial charge on any atom is -0.480 e. The molecule has 0 unspecified atom stereocenters. The van der Waals surface area contributed by atoms with Crippen LogP contribution in [0.2, 0.25) is 0 Å². The predicted octanol–water partition coefficient (Wildman–Crippen LogP) is 5.56. The van der Waals surface area contributed by atoms with Crippen molar-refractivity contribution in [1.29, 1.82) is 0 Å². The molecule has 0 fully saturated rings. The third kappa shape index (κ3) is 8.80. The van der Waals surface area contributed by atoms with E-state index in [1.807, 2.05) is 39.8 Å². The molecule has 0 spiro atoms. The summed E-state index contributed by atoms with van der Waals surface area (Å²) in [4.78, 5) is 51.0. The Bertz CT molecular complexity index is 1090. The van der Waals surface area contributed by atoms with Gasteiger partial charge in [-0.05, 0) is 61.8 Å². The number of carbonyl (C=O) groups is 4. The Hall–Kier alpha value is -2.98. The van der Waals surface area contributed by atoms with Crippen LogP contribution in [0.25, 0.3) is 0 Å². The number of carboxylic acid groups (broad SMARTS) is 2. The van der Waals surface area contributed by atoms with Crippen molar-refractivity contribution in [3.05, 3.63) is 58.7 Å². The zero-order chi connectivity index (χ0) is 28.6. The molecule has 0 aliphatic carbocycles. The average molecular weight is 561 g/mol. The van der Waals surface area contributed by atoms with Gasteiger partial charge in [0.05, 0.1) is 11.1 Å². The Labute approximate surface area is 231 Å². The van der Waals surface area contributed by atoms with E-state index in [9.17, 15) is 29.4 Å². The maximum atomic E-state index is 13.2. The maximum Gasteiger partial charge on any atom is 0.326 e. The molecule has 0 saturated carbocycles. The molecule has 0 radical (unpaired) electrons. The molecule has 0 heterocycles. The number of aryl methyl sites for hydroxylation is 2. The smallest absolute Gasteiger partial charge is 0.326 e. The van der Waals surface area contributed by atoms with Gasteiger partial charge in [0.15, 0.2) is 0 Å². The van der Waals surface area contributed by atoms with E-state index < -0.39 is 35.8 Å². The van der Waals surface area contributed by atoms with Crippen molar-refractivity contribution in [2.24, 2.45) is 11.8 Å². The first-order chi connectivity index (χ1) is 17.8. The summed E-state index contributed by atoms with van der Waals surface area (Å²) in [5.74, 6) is -2.94. The normalized spacial score (nSPS) is 12.7. The number of carboxylic acids is 2. The molecular weight excluding hydrogens is 524 g/mol. The SMILES string of the molecule is Cc1cccc(SSc2cccc(C)c2C(=O)N[C@@H](CC(C)C)C(=O)O)c1C(=O)N[C@@H](CC(C)C)C(=O)O. The standard InChI is InChI=1S/C28H36N2O6S2/c1-15(2)13-19(27(33)34)29-25(31)23-17(5)9-7-11-21(23)37-38-22-12-8-10-18(6)24(22)26(32)30-20(28(35)36)14-16(3)4/h7-12,15-16,19-20H,13-14H2,1-6H3,(H,29,31)(H,30,32)(H,33,34)(H,35,36)/t19-,20-/m0/s1. The predicted molar refractivity (Wildman–Crippen MR) is 151 cm³/mol. The summed E-state index contributed by atoms with van der Waals surface area (Å²) in [7, 11) is 2.56. The number of rotatable bonds is 13. The molecule has 2 atom stereocenters. The summed E-state index contributed by atoms with van der Waals surface area (Å²) >= 11 is 0. The second kappa shape index (κ2) is 14.2. The fourth-order valence-electron chi connectivity index (χ4n) is 3.94. The number of hydrogen-bond donors (Lipinski definition) is 4. The van der Waals surface area contributed by atoms with E-state index in [1.165, 1.54) is 21.6 Å². The van der Waals surface area contributed by atoms with E-state index in [4.69, 9.17) is 0 Å². The van der Waals surface area contributed by atoms with E-state index >= 15 is 0 Å². The molecule has 8 nitrogen and oxygen atoms in total. The number of benzene rings is 2. The topological polar surface area (TPSA) is 133 Å². The van der Waals surface area contributed by atoms with Crippen LogP contribution < -0.4 is 10.6 Å². The van der Waals surface area contributed by atoms with Gasteiger partial charge < -0.3 is 20.8 Å². The number of amides is 2. The lowest BCUT2D eigenvalue weighted by Gasteiger charge is -2.19. The average Bonchev–Trinajstić information content (AvgIpc) is 2.80. The van der Waals surface area contributed by atoms with Crippen molar-refractivity contribution in [1.82, 2.24) is 10.6 Å². The lowest BCUT2D eigenvalue weighted by Crippen LogP contribution is -2.42. The maximum absolute atomic E-state index is 13.2. The Balaban J connectivity index is 2.31. The van der Waals surface area contributed by atoms with Crippen LogP contribution in [0.4, 0.5) is 0 Å². The highest BCUT2D eigenvalue weighted by Crippen LogP contribution is 2.42. The van der Waals surface area contributed by atoms with Crippen molar-refractivity contribution in [2.45, 2.75) is 76.3 Å². The molecule has 0 aliphatic heterocycles. The third-order valence-corrected chi connectivity index (χ3v) is 8.22. The molecule has 10 heteroatoms. The molecule has 0 saturated heterocycles. The summed E-state index contributed by atoms with van der Waals surface area (Å²) < 4.78 is 0. The van der Waals surface area contributed by atoms with Crippen molar-refractivity contribution in [3.8, 4) is 0 Å². The van der Waals surface area contributed by atoms with Gasteiger partial charge in [-0.1, -0.05) is 73.5 Å². The number of carbonyl (C=O) groups excluding carboxylic acids is 2. The second-order valence-electron chi connectivity index (χ2n) is 10.1. The molecule has 2 rings (SSSR count). The third-order valence-electron chi connectivity index (χ3n) is 5.77. The molecule has 4 N–H and O–H groups in total. The monoisotopic (exact) mass is 560 g/mol. The van der Waals surface area contributed by atoms with Crippen molar-refractivity contribution < 1.29 is 29.4 Å². The van der Waals surface area contributed by atoms with Gasteiger partial charge >= 0.3 is 11.9 Å². The number of aliphatic carboxylic acids is 2. The Kier molecular flexibility index (Phi) is 11.7. The minimum atomic E-state index is -1.09. The van der Waals surface area contributed by atoms with Gasteiger partial charge in [0, 0.05) is 9.79 Å². The van der Waals surface area contributed by atoms with Gasteiger partial charge in [0.1, 0.15) is 12.1 Å². The molecule has 2 amide bonds. The fourth-order valence-corrected chi connectivity index (χ4v) is 6.43. The summed E-state index contributed by atoms with van der Waals surface area (Å²) in [6, 6.07) is 8.73. The van der Waals surface area contributed by atoms with Gasteiger partial charge in [-0.2, -0.15) is 0 Å². The lowest BCUT2D eigenvalue weighted by atomic mass is 10.0. The zero-order valence-corrected chi connectivity index (χ0v) is 24.2. The van der Waals surface area contributed by atoms with Crippen LogP contribution in [-0.4, -0.2) is 46.0 Å². The zero-order valence-electron chi connectivity index (χ0n) is 22.5. The highest BCUT2D eigenvalue weighted by Gasteiger charge is 2.26. The molecule has 0 bridgehead atoms. The number of nitrogens with one attached hydrogen (secondary N) is 2. The van der Waals surface area contributed by atoms with Gasteiger partial charge in [-0.3, -0.25) is 9.59 Å². The van der Waals surface area contributed by atoms with Crippen LogP contribution in [0, 0.1) is 25.7 Å². The van der Waals surface area contributed by atoms with Crippen molar-refractivity contribution >= 4 is 45.3 Å². The van der Waals surface area contributed by atoms with E-state index in [2.05, 4.69) is 10.6 Å². The minimum absolute atomic E-state index is 0.0878. The Morgan fingerprint density at radius 1 is 0.684 bits per heavy atom. The molecule has 2 aromatic carbocycles. The molecular formula is C28H36N2O6S2. The molecule has 0 aromatic heterocycles. The fraction of sp³-hybridized carbons (Fsp3) is 0.429. The van der Waals surface area contributed by atoms with Crippen LogP contribution in [0.5, 0.6) is 0 Å². The summed E-state index contributed by atoms with van der Waals surface area (Å²) in [6.07, 6.45) is 0.611.